The third-order valence-electron chi connectivity index (χ3n) is 3.32. The maximum Gasteiger partial charge on any atom is 0.250 e. The van der Waals surface area contributed by atoms with Crippen LogP contribution >= 0.6 is 12.4 Å². The minimum atomic E-state index is -1.22. The molecule has 1 aliphatic carbocycles. The molecular formula is C11H20ClN3O3. The summed E-state index contributed by atoms with van der Waals surface area (Å²) in [5, 5.41) is 15.2. The molecule has 3 atom stereocenters. The van der Waals surface area contributed by atoms with Crippen LogP contribution in [-0.4, -0.2) is 41.7 Å². The first-order valence-corrected chi connectivity index (χ1v) is 6.09. The Bertz CT molecular complexity index is 323. The van der Waals surface area contributed by atoms with Gasteiger partial charge in [0.15, 0.2) is 0 Å². The van der Waals surface area contributed by atoms with Gasteiger partial charge in [-0.1, -0.05) is 0 Å². The zero-order valence-electron chi connectivity index (χ0n) is 10.1. The summed E-state index contributed by atoms with van der Waals surface area (Å²) < 4.78 is 0. The first-order chi connectivity index (χ1) is 8.08. The van der Waals surface area contributed by atoms with Gasteiger partial charge in [-0.15, -0.1) is 12.4 Å². The summed E-state index contributed by atoms with van der Waals surface area (Å²) in [7, 11) is 0. The number of carbonyl (C=O) groups is 2. The van der Waals surface area contributed by atoms with Crippen molar-refractivity contribution < 1.29 is 14.7 Å². The van der Waals surface area contributed by atoms with Crippen molar-refractivity contribution in [3.63, 3.8) is 0 Å². The maximum atomic E-state index is 11.5. The van der Waals surface area contributed by atoms with Crippen molar-refractivity contribution in [1.82, 2.24) is 10.6 Å². The molecule has 0 spiro atoms. The molecule has 5 N–H and O–H groups in total. The fraction of sp³-hybridized carbons (Fsp3) is 0.818. The third-order valence-corrected chi connectivity index (χ3v) is 3.32. The first-order valence-electron chi connectivity index (χ1n) is 6.09. The average Bonchev–Trinajstić information content (AvgIpc) is 3.02. The number of hydrogen-bond acceptors (Lipinski definition) is 4. The molecule has 0 bridgehead atoms. The van der Waals surface area contributed by atoms with E-state index >= 15 is 0 Å². The fourth-order valence-electron chi connectivity index (χ4n) is 2.04. The second kappa shape index (κ2) is 6.36. The Labute approximate surface area is 112 Å². The SMILES string of the molecule is Cl.NC(C[C@@H]1CCNC1=O)C(O)C(=O)NC1CC1. The molecule has 1 heterocycles. The summed E-state index contributed by atoms with van der Waals surface area (Å²) in [6.45, 7) is 0.653. The summed E-state index contributed by atoms with van der Waals surface area (Å²) in [5.74, 6) is -0.623. The number of aliphatic hydroxyl groups excluding tert-OH is 1. The molecule has 2 amide bonds. The standard InChI is InChI=1S/C11H19N3O3.ClH/c12-8(5-6-3-4-13-10(6)16)9(15)11(17)14-7-1-2-7;/h6-9,15H,1-5,12H2,(H,13,16)(H,14,17);1H/t6-,8?,9?;/m0./s1. The smallest absolute Gasteiger partial charge is 0.250 e. The highest BCUT2D eigenvalue weighted by Gasteiger charge is 2.33. The molecule has 2 fully saturated rings. The van der Waals surface area contributed by atoms with E-state index in [0.717, 1.165) is 19.3 Å². The zero-order chi connectivity index (χ0) is 12.4. The summed E-state index contributed by atoms with van der Waals surface area (Å²) >= 11 is 0. The Kier molecular flexibility index (Phi) is 5.37. The number of carbonyl (C=O) groups excluding carboxylic acids is 2. The van der Waals surface area contributed by atoms with Crippen molar-refractivity contribution in [3.05, 3.63) is 0 Å². The summed E-state index contributed by atoms with van der Waals surface area (Å²) in [6, 6.07) is -0.471. The Balaban J connectivity index is 0.00000162. The van der Waals surface area contributed by atoms with Gasteiger partial charge >= 0.3 is 0 Å². The van der Waals surface area contributed by atoms with E-state index in [1.54, 1.807) is 0 Å². The topological polar surface area (TPSA) is 104 Å². The Hall–Kier alpha value is -0.850. The second-order valence-electron chi connectivity index (χ2n) is 4.90. The molecule has 0 aromatic rings. The van der Waals surface area contributed by atoms with E-state index in [-0.39, 0.29) is 30.3 Å². The maximum absolute atomic E-state index is 11.5. The van der Waals surface area contributed by atoms with Crippen molar-refractivity contribution in [2.45, 2.75) is 43.9 Å². The van der Waals surface area contributed by atoms with Crippen LogP contribution in [0.5, 0.6) is 0 Å². The van der Waals surface area contributed by atoms with E-state index in [4.69, 9.17) is 5.73 Å². The zero-order valence-corrected chi connectivity index (χ0v) is 10.9. The van der Waals surface area contributed by atoms with Crippen LogP contribution in [0.25, 0.3) is 0 Å². The van der Waals surface area contributed by atoms with E-state index in [2.05, 4.69) is 10.6 Å². The molecule has 1 saturated carbocycles. The second-order valence-corrected chi connectivity index (χ2v) is 4.90. The largest absolute Gasteiger partial charge is 0.382 e. The molecule has 1 saturated heterocycles. The predicted molar refractivity (Wildman–Crippen MR) is 68.1 cm³/mol. The summed E-state index contributed by atoms with van der Waals surface area (Å²) in [5.41, 5.74) is 5.77. The van der Waals surface area contributed by atoms with Gasteiger partial charge in [0.1, 0.15) is 6.10 Å². The van der Waals surface area contributed by atoms with Crippen molar-refractivity contribution >= 4 is 24.2 Å². The molecule has 2 rings (SSSR count). The Morgan fingerprint density at radius 3 is 2.67 bits per heavy atom. The monoisotopic (exact) mass is 277 g/mol. The predicted octanol–water partition coefficient (Wildman–Crippen LogP) is -1.10. The number of nitrogens with two attached hydrogens (primary N) is 1. The molecule has 0 aromatic carbocycles. The minimum absolute atomic E-state index is 0. The average molecular weight is 278 g/mol. The highest BCUT2D eigenvalue weighted by molar-refractivity contribution is 5.85. The number of nitrogens with one attached hydrogen (secondary N) is 2. The van der Waals surface area contributed by atoms with Crippen LogP contribution in [0.1, 0.15) is 25.7 Å². The van der Waals surface area contributed by atoms with Crippen molar-refractivity contribution in [1.29, 1.82) is 0 Å². The number of rotatable bonds is 5. The van der Waals surface area contributed by atoms with E-state index < -0.39 is 18.1 Å². The molecular weight excluding hydrogens is 258 g/mol. The van der Waals surface area contributed by atoms with E-state index in [1.165, 1.54) is 0 Å². The van der Waals surface area contributed by atoms with Gasteiger partial charge in [-0.3, -0.25) is 9.59 Å². The van der Waals surface area contributed by atoms with Crippen molar-refractivity contribution in [2.75, 3.05) is 6.54 Å². The minimum Gasteiger partial charge on any atom is -0.382 e. The number of aliphatic hydroxyl groups is 1. The lowest BCUT2D eigenvalue weighted by Gasteiger charge is -2.20. The van der Waals surface area contributed by atoms with Crippen LogP contribution in [0.3, 0.4) is 0 Å². The normalized spacial score (nSPS) is 25.9. The summed E-state index contributed by atoms with van der Waals surface area (Å²) in [4.78, 5) is 22.9. The number of hydrogen-bond donors (Lipinski definition) is 4. The molecule has 1 aliphatic heterocycles. The highest BCUT2D eigenvalue weighted by atomic mass is 35.5. The molecule has 2 aliphatic rings. The van der Waals surface area contributed by atoms with Gasteiger partial charge in [0.25, 0.3) is 5.91 Å². The molecule has 104 valence electrons. The lowest BCUT2D eigenvalue weighted by Crippen LogP contribution is -2.48. The van der Waals surface area contributed by atoms with E-state index in [1.807, 2.05) is 0 Å². The first kappa shape index (κ1) is 15.2. The van der Waals surface area contributed by atoms with Crippen LogP contribution < -0.4 is 16.4 Å². The van der Waals surface area contributed by atoms with Gasteiger partial charge in [-0.2, -0.15) is 0 Å². The molecule has 18 heavy (non-hydrogen) atoms. The third kappa shape index (κ3) is 3.83. The summed E-state index contributed by atoms with van der Waals surface area (Å²) in [6.07, 6.45) is 1.80. The van der Waals surface area contributed by atoms with Crippen molar-refractivity contribution in [2.24, 2.45) is 11.7 Å². The quantitative estimate of drug-likeness (QED) is 0.512. The van der Waals surface area contributed by atoms with Gasteiger partial charge < -0.3 is 21.5 Å². The molecule has 0 radical (unpaired) electrons. The van der Waals surface area contributed by atoms with Crippen LogP contribution in [-0.2, 0) is 9.59 Å². The van der Waals surface area contributed by atoms with Crippen LogP contribution in [0.4, 0.5) is 0 Å². The lowest BCUT2D eigenvalue weighted by atomic mass is 9.95. The molecule has 0 aromatic heterocycles. The van der Waals surface area contributed by atoms with Crippen molar-refractivity contribution in [3.8, 4) is 0 Å². The van der Waals surface area contributed by atoms with Crippen LogP contribution in [0, 0.1) is 5.92 Å². The molecule has 6 nitrogen and oxygen atoms in total. The van der Waals surface area contributed by atoms with Gasteiger partial charge in [-0.25, -0.2) is 0 Å². The Morgan fingerprint density at radius 2 is 2.17 bits per heavy atom. The van der Waals surface area contributed by atoms with E-state index in [9.17, 15) is 14.7 Å². The highest BCUT2D eigenvalue weighted by Crippen LogP contribution is 2.20. The van der Waals surface area contributed by atoms with Crippen LogP contribution in [0.2, 0.25) is 0 Å². The lowest BCUT2D eigenvalue weighted by molar-refractivity contribution is -0.131. The molecule has 2 unspecified atom stereocenters. The number of halogens is 1. The number of amides is 2. The Morgan fingerprint density at radius 1 is 1.50 bits per heavy atom. The van der Waals surface area contributed by atoms with Gasteiger partial charge in [0.2, 0.25) is 5.91 Å². The molecule has 7 heteroatoms. The van der Waals surface area contributed by atoms with Gasteiger partial charge in [0, 0.05) is 24.5 Å². The van der Waals surface area contributed by atoms with Gasteiger partial charge in [0.05, 0.1) is 0 Å². The van der Waals surface area contributed by atoms with E-state index in [0.29, 0.717) is 13.0 Å². The fourth-order valence-corrected chi connectivity index (χ4v) is 2.04. The van der Waals surface area contributed by atoms with Crippen LogP contribution in [0.15, 0.2) is 0 Å². The van der Waals surface area contributed by atoms with Gasteiger partial charge in [-0.05, 0) is 25.7 Å².